The molecule has 4 aromatic rings. The lowest BCUT2D eigenvalue weighted by molar-refractivity contribution is 0.0948. The highest BCUT2D eigenvalue weighted by molar-refractivity contribution is 5.92. The first-order valence-corrected chi connectivity index (χ1v) is 11.5. The van der Waals surface area contributed by atoms with Crippen LogP contribution < -0.4 is 10.1 Å². The molecule has 0 spiro atoms. The van der Waals surface area contributed by atoms with E-state index < -0.39 is 0 Å². The Morgan fingerprint density at radius 3 is 2.61 bits per heavy atom. The topological polar surface area (TPSA) is 69.0 Å². The molecule has 2 heterocycles. The molecular weight excluding hydrogens is 412 g/mol. The summed E-state index contributed by atoms with van der Waals surface area (Å²) in [6.45, 7) is 4.26. The smallest absolute Gasteiger partial charge is 0.269 e. The number of para-hydroxylation sites is 2. The monoisotopic (exact) mass is 442 g/mol. The minimum Gasteiger partial charge on any atom is -0.494 e. The summed E-state index contributed by atoms with van der Waals surface area (Å²) in [6, 6.07) is 21.8. The Kier molecular flexibility index (Phi) is 7.69. The highest BCUT2D eigenvalue weighted by Crippen LogP contribution is 2.18. The molecule has 0 saturated carbocycles. The number of benzene rings is 2. The van der Waals surface area contributed by atoms with Crippen molar-refractivity contribution < 1.29 is 9.53 Å². The van der Waals surface area contributed by atoms with E-state index in [0.29, 0.717) is 18.8 Å². The van der Waals surface area contributed by atoms with Crippen molar-refractivity contribution in [3.63, 3.8) is 0 Å². The van der Waals surface area contributed by atoms with Gasteiger partial charge in [-0.1, -0.05) is 35.9 Å². The molecule has 33 heavy (non-hydrogen) atoms. The molecule has 0 unspecified atom stereocenters. The fourth-order valence-electron chi connectivity index (χ4n) is 3.80. The zero-order chi connectivity index (χ0) is 22.9. The van der Waals surface area contributed by atoms with Gasteiger partial charge in [-0.25, -0.2) is 4.98 Å². The third-order valence-electron chi connectivity index (χ3n) is 5.56. The number of nitrogens with one attached hydrogen (secondary N) is 1. The summed E-state index contributed by atoms with van der Waals surface area (Å²) in [7, 11) is 0. The number of aromatic nitrogens is 3. The maximum absolute atomic E-state index is 12.2. The van der Waals surface area contributed by atoms with Crippen molar-refractivity contribution in [2.24, 2.45) is 0 Å². The summed E-state index contributed by atoms with van der Waals surface area (Å²) in [4.78, 5) is 21.1. The molecule has 0 aliphatic heterocycles. The maximum atomic E-state index is 12.2. The summed E-state index contributed by atoms with van der Waals surface area (Å²) in [5.41, 5.74) is 3.85. The van der Waals surface area contributed by atoms with Gasteiger partial charge in [-0.05, 0) is 62.6 Å². The molecule has 6 nitrogen and oxygen atoms in total. The maximum Gasteiger partial charge on any atom is 0.269 e. The third kappa shape index (κ3) is 6.19. The van der Waals surface area contributed by atoms with Crippen LogP contribution in [-0.2, 0) is 13.0 Å². The average Bonchev–Trinajstić information content (AvgIpc) is 3.20. The van der Waals surface area contributed by atoms with E-state index in [4.69, 9.17) is 9.72 Å². The highest BCUT2D eigenvalue weighted by Gasteiger charge is 2.11. The zero-order valence-corrected chi connectivity index (χ0v) is 19.0. The molecule has 0 aliphatic carbocycles. The van der Waals surface area contributed by atoms with Crippen molar-refractivity contribution in [3.05, 3.63) is 90.0 Å². The Bertz CT molecular complexity index is 1170. The lowest BCUT2D eigenvalue weighted by Gasteiger charge is -2.11. The number of nitrogens with zero attached hydrogens (tertiary/aromatic N) is 3. The Labute approximate surface area is 194 Å². The zero-order valence-electron chi connectivity index (χ0n) is 19.0. The normalized spacial score (nSPS) is 10.9. The van der Waals surface area contributed by atoms with Crippen molar-refractivity contribution in [3.8, 4) is 5.75 Å². The second-order valence-corrected chi connectivity index (χ2v) is 8.11. The van der Waals surface area contributed by atoms with Crippen molar-refractivity contribution in [1.82, 2.24) is 19.9 Å². The van der Waals surface area contributed by atoms with Crippen LogP contribution >= 0.6 is 0 Å². The number of amides is 1. The first-order chi connectivity index (χ1) is 16.2. The van der Waals surface area contributed by atoms with Crippen LogP contribution in [-0.4, -0.2) is 33.6 Å². The fraction of sp³-hybridized carbons (Fsp3) is 0.296. The first-order valence-electron chi connectivity index (χ1n) is 11.5. The number of rotatable bonds is 11. The number of aryl methyl sites for hydroxylation is 3. The number of hydrogen-bond donors (Lipinski definition) is 1. The van der Waals surface area contributed by atoms with Gasteiger partial charge in [0, 0.05) is 25.7 Å². The lowest BCUT2D eigenvalue weighted by atomic mass is 10.2. The van der Waals surface area contributed by atoms with E-state index in [1.807, 2.05) is 24.3 Å². The molecule has 0 saturated heterocycles. The van der Waals surface area contributed by atoms with Gasteiger partial charge in [-0.3, -0.25) is 9.78 Å². The number of pyridine rings is 1. The van der Waals surface area contributed by atoms with Gasteiger partial charge in [0.05, 0.1) is 17.6 Å². The van der Waals surface area contributed by atoms with Gasteiger partial charge in [0.25, 0.3) is 5.91 Å². The average molecular weight is 443 g/mol. The standard InChI is InChI=1S/C27H30N4O2/c1-21-13-15-22(16-14-21)33-20-7-6-19-31-25-11-3-2-9-23(25)30-26(31)12-8-18-29-27(32)24-10-4-5-17-28-24/h2-5,9-11,13-17H,6-8,12,18-20H2,1H3,(H,29,32). The number of unbranched alkanes of at least 4 members (excludes halogenated alkanes) is 1. The van der Waals surface area contributed by atoms with E-state index in [2.05, 4.69) is 52.1 Å². The van der Waals surface area contributed by atoms with Crippen molar-refractivity contribution in [2.45, 2.75) is 39.2 Å². The number of carbonyl (C=O) groups excluding carboxylic acids is 1. The lowest BCUT2D eigenvalue weighted by Crippen LogP contribution is -2.25. The number of imidazole rings is 1. The Hall–Kier alpha value is -3.67. The summed E-state index contributed by atoms with van der Waals surface area (Å²) in [6.07, 6.45) is 5.23. The van der Waals surface area contributed by atoms with Gasteiger partial charge in [-0.15, -0.1) is 0 Å². The molecule has 2 aromatic heterocycles. The largest absolute Gasteiger partial charge is 0.494 e. The van der Waals surface area contributed by atoms with Crippen LogP contribution in [0.4, 0.5) is 0 Å². The molecular formula is C27H30N4O2. The van der Waals surface area contributed by atoms with Crippen LogP contribution in [0.1, 0.15) is 41.1 Å². The Morgan fingerprint density at radius 2 is 1.79 bits per heavy atom. The number of carbonyl (C=O) groups is 1. The molecule has 0 radical (unpaired) electrons. The molecule has 4 rings (SSSR count). The van der Waals surface area contributed by atoms with Gasteiger partial charge in [0.1, 0.15) is 17.3 Å². The van der Waals surface area contributed by atoms with E-state index in [1.165, 1.54) is 5.56 Å². The Morgan fingerprint density at radius 1 is 0.970 bits per heavy atom. The van der Waals surface area contributed by atoms with Crippen LogP contribution in [0.3, 0.4) is 0 Å². The van der Waals surface area contributed by atoms with Gasteiger partial charge in [-0.2, -0.15) is 0 Å². The molecule has 0 atom stereocenters. The van der Waals surface area contributed by atoms with Crippen LogP contribution in [0.5, 0.6) is 5.75 Å². The van der Waals surface area contributed by atoms with E-state index in [1.54, 1.807) is 18.3 Å². The van der Waals surface area contributed by atoms with Crippen LogP contribution in [0.25, 0.3) is 11.0 Å². The minimum absolute atomic E-state index is 0.141. The fourth-order valence-corrected chi connectivity index (χ4v) is 3.80. The molecule has 6 heteroatoms. The first kappa shape index (κ1) is 22.5. The minimum atomic E-state index is -0.141. The number of ether oxygens (including phenoxy) is 1. The van der Waals surface area contributed by atoms with E-state index in [0.717, 1.165) is 54.8 Å². The Balaban J connectivity index is 1.28. The molecule has 0 fully saturated rings. The SMILES string of the molecule is Cc1ccc(OCCCCn2c(CCCNC(=O)c3ccccn3)nc3ccccc32)cc1. The van der Waals surface area contributed by atoms with Gasteiger partial charge in [0.2, 0.25) is 0 Å². The second kappa shape index (κ2) is 11.3. The number of fused-ring (bicyclic) bond motifs is 1. The van der Waals surface area contributed by atoms with Gasteiger partial charge in [0.15, 0.2) is 0 Å². The van der Waals surface area contributed by atoms with Gasteiger partial charge < -0.3 is 14.6 Å². The van der Waals surface area contributed by atoms with Gasteiger partial charge >= 0.3 is 0 Å². The summed E-state index contributed by atoms with van der Waals surface area (Å²) < 4.78 is 8.17. The van der Waals surface area contributed by atoms with Crippen molar-refractivity contribution in [2.75, 3.05) is 13.2 Å². The van der Waals surface area contributed by atoms with Crippen LogP contribution in [0, 0.1) is 6.92 Å². The molecule has 0 bridgehead atoms. The third-order valence-corrected chi connectivity index (χ3v) is 5.56. The molecule has 1 N–H and O–H groups in total. The predicted molar refractivity (Wildman–Crippen MR) is 131 cm³/mol. The van der Waals surface area contributed by atoms with E-state index >= 15 is 0 Å². The predicted octanol–water partition coefficient (Wildman–Crippen LogP) is 4.96. The van der Waals surface area contributed by atoms with E-state index in [9.17, 15) is 4.79 Å². The summed E-state index contributed by atoms with van der Waals surface area (Å²) >= 11 is 0. The molecule has 170 valence electrons. The highest BCUT2D eigenvalue weighted by atomic mass is 16.5. The number of hydrogen-bond acceptors (Lipinski definition) is 4. The summed E-state index contributed by atoms with van der Waals surface area (Å²) in [5.74, 6) is 1.84. The second-order valence-electron chi connectivity index (χ2n) is 8.11. The molecule has 0 aliphatic rings. The van der Waals surface area contributed by atoms with E-state index in [-0.39, 0.29) is 5.91 Å². The van der Waals surface area contributed by atoms with Crippen molar-refractivity contribution >= 4 is 16.9 Å². The molecule has 1 amide bonds. The quantitative estimate of drug-likeness (QED) is 0.333. The summed E-state index contributed by atoms with van der Waals surface area (Å²) in [5, 5.41) is 2.95. The van der Waals surface area contributed by atoms with Crippen molar-refractivity contribution in [1.29, 1.82) is 0 Å². The van der Waals surface area contributed by atoms with Crippen LogP contribution in [0.15, 0.2) is 72.9 Å². The molecule has 2 aromatic carbocycles. The van der Waals surface area contributed by atoms with Crippen LogP contribution in [0.2, 0.25) is 0 Å².